The highest BCUT2D eigenvalue weighted by Crippen LogP contribution is 2.35. The van der Waals surface area contributed by atoms with Crippen molar-refractivity contribution >= 4 is 28.8 Å². The Morgan fingerprint density at radius 2 is 2.03 bits per heavy atom. The molecule has 0 bridgehead atoms. The van der Waals surface area contributed by atoms with Gasteiger partial charge in [0.2, 0.25) is 5.91 Å². The zero-order valence-corrected chi connectivity index (χ0v) is 17.4. The number of aryl methyl sites for hydroxylation is 1. The van der Waals surface area contributed by atoms with Crippen molar-refractivity contribution in [3.8, 4) is 22.1 Å². The predicted molar refractivity (Wildman–Crippen MR) is 114 cm³/mol. The van der Waals surface area contributed by atoms with Crippen LogP contribution in [0.3, 0.4) is 0 Å². The molecule has 4 rings (SSSR count). The summed E-state index contributed by atoms with van der Waals surface area (Å²) >= 11 is 1.35. The predicted octanol–water partition coefficient (Wildman–Crippen LogP) is 3.53. The van der Waals surface area contributed by atoms with Crippen molar-refractivity contribution in [2.24, 2.45) is 0 Å². The van der Waals surface area contributed by atoms with Crippen molar-refractivity contribution < 1.29 is 14.3 Å². The molecule has 1 aliphatic rings. The van der Waals surface area contributed by atoms with Crippen molar-refractivity contribution in [1.82, 2.24) is 9.36 Å². The summed E-state index contributed by atoms with van der Waals surface area (Å²) in [4.78, 5) is 19.1. The molecule has 150 valence electrons. The second kappa shape index (κ2) is 8.08. The molecule has 7 nitrogen and oxygen atoms in total. The van der Waals surface area contributed by atoms with Crippen molar-refractivity contribution in [2.75, 3.05) is 37.5 Å². The fraction of sp³-hybridized carbons (Fsp3) is 0.286. The van der Waals surface area contributed by atoms with Crippen LogP contribution in [0.5, 0.6) is 11.5 Å². The number of nitrogens with one attached hydrogen (secondary N) is 1. The van der Waals surface area contributed by atoms with E-state index < -0.39 is 0 Å². The second-order valence-electron chi connectivity index (χ2n) is 6.67. The molecular formula is C21H22N4O3S. The van der Waals surface area contributed by atoms with Gasteiger partial charge in [0, 0.05) is 17.7 Å². The summed E-state index contributed by atoms with van der Waals surface area (Å²) in [7, 11) is 3.26. The Hall–Kier alpha value is -3.13. The van der Waals surface area contributed by atoms with Crippen LogP contribution in [0.1, 0.15) is 11.4 Å². The van der Waals surface area contributed by atoms with E-state index in [2.05, 4.69) is 14.7 Å². The lowest BCUT2D eigenvalue weighted by molar-refractivity contribution is -0.116. The first kappa shape index (κ1) is 19.2. The monoisotopic (exact) mass is 410 g/mol. The number of ether oxygens (including phenoxy) is 2. The number of fused-ring (bicyclic) bond motifs is 1. The van der Waals surface area contributed by atoms with Crippen molar-refractivity contribution in [2.45, 2.75) is 13.3 Å². The van der Waals surface area contributed by atoms with Gasteiger partial charge in [-0.2, -0.15) is 4.37 Å². The van der Waals surface area contributed by atoms with Crippen molar-refractivity contribution in [3.63, 3.8) is 0 Å². The summed E-state index contributed by atoms with van der Waals surface area (Å²) in [6.07, 6.45) is 0.792. The van der Waals surface area contributed by atoms with Crippen LogP contribution in [0.15, 0.2) is 36.4 Å². The molecule has 0 aliphatic carbocycles. The molecule has 1 aromatic heterocycles. The summed E-state index contributed by atoms with van der Waals surface area (Å²) in [6.45, 7) is 2.67. The van der Waals surface area contributed by atoms with Crippen molar-refractivity contribution in [3.05, 3.63) is 47.8 Å². The molecule has 0 unspecified atom stereocenters. The van der Waals surface area contributed by atoms with Gasteiger partial charge in [0.15, 0.2) is 0 Å². The number of aromatic nitrogens is 2. The Labute approximate surface area is 173 Å². The zero-order valence-electron chi connectivity index (χ0n) is 16.6. The fourth-order valence-electron chi connectivity index (χ4n) is 3.51. The molecule has 8 heteroatoms. The molecule has 0 atom stereocenters. The number of amides is 1. The topological polar surface area (TPSA) is 76.6 Å². The SMILES string of the molecule is COc1ccc(-c2nc(C)ns2)cc1NCC(=O)N1CCc2c(OC)cccc21. The van der Waals surface area contributed by atoms with Gasteiger partial charge in [-0.1, -0.05) is 6.07 Å². The lowest BCUT2D eigenvalue weighted by Crippen LogP contribution is -2.34. The molecule has 3 aromatic rings. The smallest absolute Gasteiger partial charge is 0.246 e. The third kappa shape index (κ3) is 3.75. The van der Waals surface area contributed by atoms with Gasteiger partial charge in [-0.3, -0.25) is 4.79 Å². The minimum atomic E-state index is -0.00350. The molecule has 0 radical (unpaired) electrons. The number of methoxy groups -OCH3 is 2. The van der Waals surface area contributed by atoms with E-state index in [0.717, 1.165) is 45.5 Å². The average molecular weight is 410 g/mol. The highest BCUT2D eigenvalue weighted by Gasteiger charge is 2.26. The molecule has 2 heterocycles. The standard InChI is InChI=1S/C21H22N4O3S/c1-13-23-21(29-24-13)14-7-8-19(28-3)16(11-14)22-12-20(26)25-10-9-15-17(25)5-4-6-18(15)27-2/h4-8,11,22H,9-10,12H2,1-3H3. The van der Waals surface area contributed by atoms with Crippen LogP contribution in [-0.2, 0) is 11.2 Å². The summed E-state index contributed by atoms with van der Waals surface area (Å²) in [5.74, 6) is 2.24. The molecular weight excluding hydrogens is 388 g/mol. The van der Waals surface area contributed by atoms with E-state index in [0.29, 0.717) is 12.3 Å². The lowest BCUT2D eigenvalue weighted by Gasteiger charge is -2.19. The maximum absolute atomic E-state index is 12.9. The van der Waals surface area contributed by atoms with E-state index >= 15 is 0 Å². The zero-order chi connectivity index (χ0) is 20.4. The number of carbonyl (C=O) groups excluding carboxylic acids is 1. The maximum atomic E-state index is 12.9. The number of benzene rings is 2. The third-order valence-electron chi connectivity index (χ3n) is 4.91. The van der Waals surface area contributed by atoms with Crippen molar-refractivity contribution in [1.29, 1.82) is 0 Å². The summed E-state index contributed by atoms with van der Waals surface area (Å²) < 4.78 is 15.1. The lowest BCUT2D eigenvalue weighted by atomic mass is 10.1. The highest BCUT2D eigenvalue weighted by molar-refractivity contribution is 7.09. The fourth-order valence-corrected chi connectivity index (χ4v) is 4.18. The highest BCUT2D eigenvalue weighted by atomic mass is 32.1. The Morgan fingerprint density at radius 3 is 2.76 bits per heavy atom. The third-order valence-corrected chi connectivity index (χ3v) is 5.76. The first-order chi connectivity index (χ1) is 14.1. The van der Waals surface area contributed by atoms with Crippen LogP contribution in [-0.4, -0.2) is 42.6 Å². The van der Waals surface area contributed by atoms with E-state index in [1.54, 1.807) is 19.1 Å². The van der Waals surface area contributed by atoms with Crippen LogP contribution >= 0.6 is 11.5 Å². The maximum Gasteiger partial charge on any atom is 0.246 e. The van der Waals surface area contributed by atoms with E-state index in [-0.39, 0.29) is 12.5 Å². The van der Waals surface area contributed by atoms with Crippen LogP contribution in [0.2, 0.25) is 0 Å². The largest absolute Gasteiger partial charge is 0.496 e. The first-order valence-electron chi connectivity index (χ1n) is 9.29. The summed E-state index contributed by atoms with van der Waals surface area (Å²) in [5.41, 5.74) is 3.68. The molecule has 0 saturated heterocycles. The number of carbonyl (C=O) groups is 1. The van der Waals surface area contributed by atoms with E-state index in [1.165, 1.54) is 11.5 Å². The van der Waals surface area contributed by atoms with E-state index in [1.807, 2.05) is 43.3 Å². The number of anilines is 2. The number of rotatable bonds is 6. The average Bonchev–Trinajstić information content (AvgIpc) is 3.38. The number of hydrogen-bond donors (Lipinski definition) is 1. The van der Waals surface area contributed by atoms with Crippen LogP contribution in [0.4, 0.5) is 11.4 Å². The quantitative estimate of drug-likeness (QED) is 0.670. The van der Waals surface area contributed by atoms with Gasteiger partial charge in [0.25, 0.3) is 0 Å². The molecule has 1 aliphatic heterocycles. The van der Waals surface area contributed by atoms with Gasteiger partial charge < -0.3 is 19.7 Å². The minimum absolute atomic E-state index is 0.00350. The Kier molecular flexibility index (Phi) is 5.35. The van der Waals surface area contributed by atoms with Gasteiger partial charge in [0.1, 0.15) is 22.3 Å². The summed E-state index contributed by atoms with van der Waals surface area (Å²) in [5, 5.41) is 4.06. The molecule has 1 amide bonds. The Bertz CT molecular complexity index is 1050. The van der Waals surface area contributed by atoms with Crippen LogP contribution < -0.4 is 19.7 Å². The Balaban J connectivity index is 1.52. The van der Waals surface area contributed by atoms with Gasteiger partial charge >= 0.3 is 0 Å². The van der Waals surface area contributed by atoms with Gasteiger partial charge in [-0.25, -0.2) is 4.98 Å². The van der Waals surface area contributed by atoms with Gasteiger partial charge in [-0.15, -0.1) is 0 Å². The minimum Gasteiger partial charge on any atom is -0.496 e. The number of nitrogens with zero attached hydrogens (tertiary/aromatic N) is 3. The molecule has 0 spiro atoms. The van der Waals surface area contributed by atoms with Crippen LogP contribution in [0, 0.1) is 6.92 Å². The molecule has 29 heavy (non-hydrogen) atoms. The summed E-state index contributed by atoms with van der Waals surface area (Å²) in [6, 6.07) is 11.5. The Morgan fingerprint density at radius 1 is 1.21 bits per heavy atom. The normalized spacial score (nSPS) is 12.6. The molecule has 0 fully saturated rings. The first-order valence-corrected chi connectivity index (χ1v) is 10.1. The molecule has 2 aromatic carbocycles. The second-order valence-corrected chi connectivity index (χ2v) is 7.42. The molecule has 0 saturated carbocycles. The number of hydrogen-bond acceptors (Lipinski definition) is 7. The van der Waals surface area contributed by atoms with Crippen LogP contribution in [0.25, 0.3) is 10.6 Å². The molecule has 1 N–H and O–H groups in total. The van der Waals surface area contributed by atoms with E-state index in [9.17, 15) is 4.79 Å². The van der Waals surface area contributed by atoms with Gasteiger partial charge in [0.05, 0.1) is 32.1 Å². The van der Waals surface area contributed by atoms with Gasteiger partial charge in [-0.05, 0) is 55.2 Å². The van der Waals surface area contributed by atoms with E-state index in [4.69, 9.17) is 9.47 Å².